The third kappa shape index (κ3) is 3.98. The minimum absolute atomic E-state index is 0.0649. The fourth-order valence-corrected chi connectivity index (χ4v) is 4.94. The molecule has 0 aliphatic carbocycles. The zero-order valence-electron chi connectivity index (χ0n) is 17.0. The number of nitrogens with zero attached hydrogens (tertiary/aromatic N) is 4. The molecular weight excluding hydrogens is 392 g/mol. The summed E-state index contributed by atoms with van der Waals surface area (Å²) in [5.74, 6) is 0. The Morgan fingerprint density at radius 2 is 1.83 bits per heavy atom. The van der Waals surface area contributed by atoms with Crippen LogP contribution in [0.1, 0.15) is 25.7 Å². The van der Waals surface area contributed by atoms with E-state index in [1.54, 1.807) is 17.4 Å². The summed E-state index contributed by atoms with van der Waals surface area (Å²) in [5.41, 5.74) is 5.17. The van der Waals surface area contributed by atoms with Crippen molar-refractivity contribution in [3.8, 4) is 16.8 Å². The summed E-state index contributed by atoms with van der Waals surface area (Å²) in [6, 6.07) is 12.1. The van der Waals surface area contributed by atoms with Crippen molar-refractivity contribution in [2.24, 2.45) is 0 Å². The van der Waals surface area contributed by atoms with Gasteiger partial charge in [-0.1, -0.05) is 12.5 Å². The maximum absolute atomic E-state index is 12.6. The Labute approximate surface area is 180 Å². The van der Waals surface area contributed by atoms with Crippen LogP contribution >= 0.6 is 11.3 Å². The van der Waals surface area contributed by atoms with E-state index in [-0.39, 0.29) is 5.56 Å². The van der Waals surface area contributed by atoms with E-state index in [0.717, 1.165) is 47.4 Å². The molecule has 0 saturated carbocycles. The van der Waals surface area contributed by atoms with Crippen LogP contribution in [0.5, 0.6) is 0 Å². The molecule has 1 aliphatic rings. The third-order valence-corrected chi connectivity index (χ3v) is 6.65. The van der Waals surface area contributed by atoms with E-state index in [4.69, 9.17) is 0 Å². The van der Waals surface area contributed by atoms with E-state index in [2.05, 4.69) is 49.5 Å². The van der Waals surface area contributed by atoms with Crippen LogP contribution in [0.4, 0.5) is 0 Å². The van der Waals surface area contributed by atoms with Crippen LogP contribution in [0.15, 0.2) is 64.5 Å². The molecule has 0 spiro atoms. The second-order valence-corrected chi connectivity index (χ2v) is 8.78. The number of aromatic nitrogens is 3. The largest absolute Gasteiger partial charge is 0.315 e. The number of aryl methyl sites for hydroxylation is 1. The molecule has 5 nitrogen and oxygen atoms in total. The highest BCUT2D eigenvalue weighted by Gasteiger charge is 2.10. The van der Waals surface area contributed by atoms with Crippen LogP contribution in [0.2, 0.25) is 0 Å². The Morgan fingerprint density at radius 3 is 2.63 bits per heavy atom. The molecule has 4 heterocycles. The van der Waals surface area contributed by atoms with Gasteiger partial charge in [-0.25, -0.2) is 4.98 Å². The zero-order valence-corrected chi connectivity index (χ0v) is 17.9. The monoisotopic (exact) mass is 418 g/mol. The Balaban J connectivity index is 1.31. The van der Waals surface area contributed by atoms with Crippen molar-refractivity contribution in [2.75, 3.05) is 19.6 Å². The van der Waals surface area contributed by atoms with Gasteiger partial charge in [-0.05, 0) is 79.7 Å². The summed E-state index contributed by atoms with van der Waals surface area (Å²) >= 11 is 1.67. The van der Waals surface area contributed by atoms with Gasteiger partial charge in [-0.2, -0.15) is 11.3 Å². The van der Waals surface area contributed by atoms with Gasteiger partial charge in [0.1, 0.15) is 6.33 Å². The third-order valence-electron chi connectivity index (χ3n) is 5.98. The van der Waals surface area contributed by atoms with Gasteiger partial charge in [0.05, 0.1) is 16.7 Å². The summed E-state index contributed by atoms with van der Waals surface area (Å²) in [5, 5.41) is 4.18. The highest BCUT2D eigenvalue weighted by atomic mass is 32.1. The molecule has 0 bridgehead atoms. The Hall–Kier alpha value is -2.70. The highest BCUT2D eigenvalue weighted by Crippen LogP contribution is 2.25. The molecule has 5 rings (SSSR count). The molecule has 0 radical (unpaired) electrons. The first-order valence-electron chi connectivity index (χ1n) is 10.7. The number of imidazole rings is 1. The highest BCUT2D eigenvalue weighted by molar-refractivity contribution is 7.08. The molecule has 1 aromatic carbocycles. The van der Waals surface area contributed by atoms with Crippen molar-refractivity contribution >= 4 is 22.4 Å². The van der Waals surface area contributed by atoms with Crippen molar-refractivity contribution in [2.45, 2.75) is 32.2 Å². The number of fused-ring (bicyclic) bond motifs is 1. The maximum atomic E-state index is 12.6. The molecule has 1 saturated heterocycles. The molecule has 0 atom stereocenters. The molecule has 1 aliphatic heterocycles. The van der Waals surface area contributed by atoms with Crippen LogP contribution in [-0.4, -0.2) is 38.7 Å². The summed E-state index contributed by atoms with van der Waals surface area (Å²) in [6.07, 6.45) is 8.79. The van der Waals surface area contributed by atoms with Gasteiger partial charge in [0.2, 0.25) is 0 Å². The normalized spacial score (nSPS) is 15.1. The molecular formula is C24H26N4OS. The number of hydrogen-bond acceptors (Lipinski definition) is 4. The number of piperidine rings is 1. The molecule has 3 aromatic heterocycles. The number of pyridine rings is 1. The molecule has 1 fully saturated rings. The van der Waals surface area contributed by atoms with E-state index in [1.807, 2.05) is 23.2 Å². The maximum Gasteiger partial charge on any atom is 0.251 e. The van der Waals surface area contributed by atoms with Gasteiger partial charge in [0.25, 0.3) is 5.56 Å². The van der Waals surface area contributed by atoms with Crippen molar-refractivity contribution in [1.82, 2.24) is 19.0 Å². The molecule has 0 amide bonds. The molecule has 4 aromatic rings. The Morgan fingerprint density at radius 1 is 0.967 bits per heavy atom. The van der Waals surface area contributed by atoms with Gasteiger partial charge in [0.15, 0.2) is 0 Å². The van der Waals surface area contributed by atoms with Gasteiger partial charge in [0, 0.05) is 24.2 Å². The van der Waals surface area contributed by atoms with Crippen LogP contribution in [0.25, 0.3) is 27.8 Å². The van der Waals surface area contributed by atoms with Crippen molar-refractivity contribution in [3.05, 3.63) is 70.0 Å². The van der Waals surface area contributed by atoms with Crippen LogP contribution in [-0.2, 0) is 6.54 Å². The van der Waals surface area contributed by atoms with E-state index in [1.165, 1.54) is 32.4 Å². The first-order valence-corrected chi connectivity index (χ1v) is 11.7. The van der Waals surface area contributed by atoms with Crippen molar-refractivity contribution in [1.29, 1.82) is 0 Å². The number of rotatable bonds is 6. The standard InChI is InChI=1S/C24H26N4OS/c29-24-16-20(7-13-27(24)12-4-11-26-9-2-1-3-10-26)19-5-6-23-22(15-19)25-18-28(23)21-8-14-30-17-21/h5-8,13-18H,1-4,9-12H2. The first kappa shape index (κ1) is 19.3. The molecule has 30 heavy (non-hydrogen) atoms. The molecule has 6 heteroatoms. The van der Waals surface area contributed by atoms with E-state index < -0.39 is 0 Å². The quantitative estimate of drug-likeness (QED) is 0.452. The van der Waals surface area contributed by atoms with E-state index in [0.29, 0.717) is 0 Å². The number of thiophene rings is 1. The number of hydrogen-bond donors (Lipinski definition) is 0. The average molecular weight is 419 g/mol. The lowest BCUT2D eigenvalue weighted by molar-refractivity contribution is 0.222. The zero-order chi connectivity index (χ0) is 20.3. The summed E-state index contributed by atoms with van der Waals surface area (Å²) in [6.45, 7) is 4.27. The first-order chi connectivity index (χ1) is 14.8. The summed E-state index contributed by atoms with van der Waals surface area (Å²) < 4.78 is 3.92. The van der Waals surface area contributed by atoms with Crippen molar-refractivity contribution in [3.63, 3.8) is 0 Å². The fraction of sp³-hybridized carbons (Fsp3) is 0.333. The van der Waals surface area contributed by atoms with Crippen molar-refractivity contribution < 1.29 is 0 Å². The second-order valence-electron chi connectivity index (χ2n) is 8.00. The predicted octanol–water partition coefficient (Wildman–Crippen LogP) is 4.79. The molecule has 0 unspecified atom stereocenters. The van der Waals surface area contributed by atoms with Gasteiger partial charge < -0.3 is 9.47 Å². The van der Waals surface area contributed by atoms with Gasteiger partial charge in [-0.15, -0.1) is 0 Å². The minimum atomic E-state index is 0.0649. The second kappa shape index (κ2) is 8.58. The van der Waals surface area contributed by atoms with Gasteiger partial charge >= 0.3 is 0 Å². The Kier molecular flexibility index (Phi) is 5.51. The smallest absolute Gasteiger partial charge is 0.251 e. The topological polar surface area (TPSA) is 43.1 Å². The minimum Gasteiger partial charge on any atom is -0.315 e. The van der Waals surface area contributed by atoms with Crippen LogP contribution < -0.4 is 5.56 Å². The predicted molar refractivity (Wildman–Crippen MR) is 124 cm³/mol. The number of benzene rings is 1. The number of likely N-dealkylation sites (tertiary alicyclic amines) is 1. The van der Waals surface area contributed by atoms with Gasteiger partial charge in [-0.3, -0.25) is 9.36 Å². The SMILES string of the molecule is O=c1cc(-c2ccc3c(c2)ncn3-c2ccsc2)ccn1CCCN1CCCCC1. The summed E-state index contributed by atoms with van der Waals surface area (Å²) in [7, 11) is 0. The summed E-state index contributed by atoms with van der Waals surface area (Å²) in [4.78, 5) is 19.7. The van der Waals surface area contributed by atoms with Crippen LogP contribution in [0, 0.1) is 0 Å². The average Bonchev–Trinajstić information content (AvgIpc) is 3.45. The lowest BCUT2D eigenvalue weighted by atomic mass is 10.1. The lowest BCUT2D eigenvalue weighted by Crippen LogP contribution is -2.31. The molecule has 154 valence electrons. The lowest BCUT2D eigenvalue weighted by Gasteiger charge is -2.26. The van der Waals surface area contributed by atoms with E-state index in [9.17, 15) is 4.79 Å². The Bertz CT molecular complexity index is 1190. The van der Waals surface area contributed by atoms with E-state index >= 15 is 0 Å². The van der Waals surface area contributed by atoms with Crippen LogP contribution in [0.3, 0.4) is 0 Å². The molecule has 0 N–H and O–H groups in total. The fourth-order valence-electron chi connectivity index (χ4n) is 4.31.